The predicted octanol–water partition coefficient (Wildman–Crippen LogP) is -0.492. The van der Waals surface area contributed by atoms with Crippen molar-refractivity contribution in [2.45, 2.75) is 6.04 Å². The van der Waals surface area contributed by atoms with Crippen LogP contribution in [0, 0.1) is 0 Å². The molecule has 9 heteroatoms. The summed E-state index contributed by atoms with van der Waals surface area (Å²) < 4.78 is 11.4. The number of aliphatic carboxylic acids is 1. The van der Waals surface area contributed by atoms with Gasteiger partial charge in [-0.2, -0.15) is 5.10 Å². The van der Waals surface area contributed by atoms with E-state index in [4.69, 9.17) is 14.6 Å². The van der Waals surface area contributed by atoms with E-state index in [1.165, 1.54) is 17.1 Å². The number of rotatable bonds is 9. The Kier molecular flexibility index (Phi) is 7.19. The highest BCUT2D eigenvalue weighted by molar-refractivity contribution is 5.83. The third-order valence-corrected chi connectivity index (χ3v) is 2.54. The van der Waals surface area contributed by atoms with Crippen LogP contribution >= 0.6 is 0 Å². The molecule has 0 fully saturated rings. The van der Waals surface area contributed by atoms with Crippen LogP contribution < -0.4 is 10.6 Å². The van der Waals surface area contributed by atoms with Crippen LogP contribution in [0.4, 0.5) is 4.79 Å². The number of carboxylic acids is 1. The number of carboxylic acid groups (broad SMARTS) is 1. The molecular weight excluding hydrogens is 280 g/mol. The molecule has 0 bridgehead atoms. The van der Waals surface area contributed by atoms with Crippen molar-refractivity contribution in [3.8, 4) is 0 Å². The lowest BCUT2D eigenvalue weighted by Crippen LogP contribution is -2.42. The summed E-state index contributed by atoms with van der Waals surface area (Å²) in [6.45, 7) is 1.51. The van der Waals surface area contributed by atoms with E-state index in [1.807, 2.05) is 0 Å². The first-order chi connectivity index (χ1) is 10.0. The Balaban J connectivity index is 2.35. The molecule has 1 aromatic rings. The molecule has 0 aliphatic carbocycles. The van der Waals surface area contributed by atoms with Crippen LogP contribution in [-0.4, -0.2) is 60.4 Å². The lowest BCUT2D eigenvalue weighted by atomic mass is 10.1. The number of carbonyl (C=O) groups excluding carboxylic acids is 1. The molecule has 0 aliphatic rings. The van der Waals surface area contributed by atoms with Crippen LogP contribution in [-0.2, 0) is 21.3 Å². The molecule has 21 heavy (non-hydrogen) atoms. The smallest absolute Gasteiger partial charge is 0.331 e. The number of carbonyl (C=O) groups is 2. The first-order valence-corrected chi connectivity index (χ1v) is 6.37. The van der Waals surface area contributed by atoms with Crippen molar-refractivity contribution < 1.29 is 24.2 Å². The minimum absolute atomic E-state index is 0.273. The number of nitrogens with zero attached hydrogens (tertiary/aromatic N) is 2. The van der Waals surface area contributed by atoms with Gasteiger partial charge in [0.1, 0.15) is 0 Å². The molecule has 118 valence electrons. The molecule has 0 spiro atoms. The first kappa shape index (κ1) is 16.9. The molecular formula is C12H20N4O5. The van der Waals surface area contributed by atoms with E-state index >= 15 is 0 Å². The molecule has 0 radical (unpaired) electrons. The molecule has 1 aromatic heterocycles. The van der Waals surface area contributed by atoms with Gasteiger partial charge in [-0.25, -0.2) is 9.59 Å². The Labute approximate surface area is 122 Å². The number of aromatic nitrogens is 2. The molecule has 3 N–H and O–H groups in total. The number of methoxy groups -OCH3 is 1. The fourth-order valence-electron chi connectivity index (χ4n) is 1.54. The van der Waals surface area contributed by atoms with E-state index in [1.54, 1.807) is 14.2 Å². The molecule has 0 aromatic carbocycles. The highest BCUT2D eigenvalue weighted by Gasteiger charge is 2.23. The lowest BCUT2D eigenvalue weighted by Gasteiger charge is -2.13. The molecule has 0 saturated carbocycles. The van der Waals surface area contributed by atoms with Gasteiger partial charge in [0.05, 0.1) is 26.0 Å². The zero-order valence-corrected chi connectivity index (χ0v) is 12.0. The second-order valence-electron chi connectivity index (χ2n) is 4.22. The SMILES string of the molecule is COCCOCCNC(=O)NC(C(=O)O)c1cnn(C)c1. The number of hydrogen-bond donors (Lipinski definition) is 3. The summed E-state index contributed by atoms with van der Waals surface area (Å²) in [5.74, 6) is -1.16. The Hall–Kier alpha value is -2.13. The van der Waals surface area contributed by atoms with E-state index in [2.05, 4.69) is 15.7 Å². The largest absolute Gasteiger partial charge is 0.479 e. The number of urea groups is 1. The first-order valence-electron chi connectivity index (χ1n) is 6.37. The van der Waals surface area contributed by atoms with Crippen molar-refractivity contribution in [1.29, 1.82) is 0 Å². The molecule has 1 atom stereocenters. The summed E-state index contributed by atoms with van der Waals surface area (Å²) in [4.78, 5) is 22.8. The monoisotopic (exact) mass is 300 g/mol. The number of nitrogens with one attached hydrogen (secondary N) is 2. The third kappa shape index (κ3) is 6.23. The number of ether oxygens (including phenoxy) is 2. The maximum atomic E-state index is 11.6. The molecule has 1 unspecified atom stereocenters. The van der Waals surface area contributed by atoms with Gasteiger partial charge in [0.25, 0.3) is 0 Å². The molecule has 0 saturated heterocycles. The van der Waals surface area contributed by atoms with E-state index in [0.717, 1.165) is 0 Å². The van der Waals surface area contributed by atoms with E-state index in [0.29, 0.717) is 25.4 Å². The fraction of sp³-hybridized carbons (Fsp3) is 0.583. The maximum Gasteiger partial charge on any atom is 0.331 e. The van der Waals surface area contributed by atoms with Gasteiger partial charge in [-0.1, -0.05) is 0 Å². The highest BCUT2D eigenvalue weighted by Crippen LogP contribution is 2.11. The summed E-state index contributed by atoms with van der Waals surface area (Å²) in [7, 11) is 3.24. The van der Waals surface area contributed by atoms with Crippen LogP contribution in [0.2, 0.25) is 0 Å². The Morgan fingerprint density at radius 3 is 2.76 bits per heavy atom. The normalized spacial score (nSPS) is 11.9. The number of amides is 2. The van der Waals surface area contributed by atoms with Gasteiger partial charge in [-0.05, 0) is 0 Å². The summed E-state index contributed by atoms with van der Waals surface area (Å²) in [5.41, 5.74) is 0.400. The summed E-state index contributed by atoms with van der Waals surface area (Å²) in [6, 6.07) is -1.73. The van der Waals surface area contributed by atoms with Gasteiger partial charge in [0, 0.05) is 32.5 Å². The van der Waals surface area contributed by atoms with Crippen molar-refractivity contribution in [2.75, 3.05) is 33.5 Å². The van der Waals surface area contributed by atoms with Crippen molar-refractivity contribution in [3.05, 3.63) is 18.0 Å². The minimum Gasteiger partial charge on any atom is -0.479 e. The van der Waals surface area contributed by atoms with Crippen molar-refractivity contribution in [2.24, 2.45) is 7.05 Å². The summed E-state index contributed by atoms with van der Waals surface area (Å²) in [5, 5.41) is 17.9. The van der Waals surface area contributed by atoms with E-state index < -0.39 is 18.0 Å². The third-order valence-electron chi connectivity index (χ3n) is 2.54. The van der Waals surface area contributed by atoms with Gasteiger partial charge in [0.15, 0.2) is 6.04 Å². The molecule has 0 aliphatic heterocycles. The van der Waals surface area contributed by atoms with Crippen molar-refractivity contribution in [1.82, 2.24) is 20.4 Å². The standard InChI is InChI=1S/C12H20N4O5/c1-16-8-9(7-14-16)10(11(17)18)15-12(19)13-3-4-21-6-5-20-2/h7-8,10H,3-6H2,1-2H3,(H,17,18)(H2,13,15,19). The zero-order chi connectivity index (χ0) is 15.7. The number of hydrogen-bond acceptors (Lipinski definition) is 5. The van der Waals surface area contributed by atoms with Gasteiger partial charge in [-0.15, -0.1) is 0 Å². The second-order valence-corrected chi connectivity index (χ2v) is 4.22. The number of aryl methyl sites for hydroxylation is 1. The Morgan fingerprint density at radius 2 is 2.19 bits per heavy atom. The predicted molar refractivity (Wildman–Crippen MR) is 72.8 cm³/mol. The molecule has 2 amide bonds. The van der Waals surface area contributed by atoms with Crippen molar-refractivity contribution in [3.63, 3.8) is 0 Å². The second kappa shape index (κ2) is 8.93. The Morgan fingerprint density at radius 1 is 1.43 bits per heavy atom. The van der Waals surface area contributed by atoms with Crippen LogP contribution in [0.3, 0.4) is 0 Å². The van der Waals surface area contributed by atoms with Gasteiger partial charge >= 0.3 is 12.0 Å². The average Bonchev–Trinajstić information content (AvgIpc) is 2.86. The van der Waals surface area contributed by atoms with Gasteiger partial charge in [-0.3, -0.25) is 4.68 Å². The van der Waals surface area contributed by atoms with Crippen LogP contribution in [0.1, 0.15) is 11.6 Å². The zero-order valence-electron chi connectivity index (χ0n) is 12.0. The van der Waals surface area contributed by atoms with E-state index in [9.17, 15) is 9.59 Å². The Bertz CT molecular complexity index is 462. The fourth-order valence-corrected chi connectivity index (χ4v) is 1.54. The average molecular weight is 300 g/mol. The van der Waals surface area contributed by atoms with Crippen LogP contribution in [0.5, 0.6) is 0 Å². The highest BCUT2D eigenvalue weighted by atomic mass is 16.5. The minimum atomic E-state index is -1.16. The van der Waals surface area contributed by atoms with Crippen LogP contribution in [0.25, 0.3) is 0 Å². The molecule has 9 nitrogen and oxygen atoms in total. The lowest BCUT2D eigenvalue weighted by molar-refractivity contribution is -0.139. The maximum absolute atomic E-state index is 11.6. The quantitative estimate of drug-likeness (QED) is 0.530. The molecule has 1 heterocycles. The molecule has 1 rings (SSSR count). The summed E-state index contributed by atoms with van der Waals surface area (Å²) >= 11 is 0. The van der Waals surface area contributed by atoms with Gasteiger partial charge < -0.3 is 25.2 Å². The van der Waals surface area contributed by atoms with Gasteiger partial charge in [0.2, 0.25) is 0 Å². The summed E-state index contributed by atoms with van der Waals surface area (Å²) in [6.07, 6.45) is 2.93. The van der Waals surface area contributed by atoms with E-state index in [-0.39, 0.29) is 6.54 Å². The van der Waals surface area contributed by atoms with Crippen LogP contribution in [0.15, 0.2) is 12.4 Å². The van der Waals surface area contributed by atoms with Crippen molar-refractivity contribution >= 4 is 12.0 Å². The topological polar surface area (TPSA) is 115 Å².